The van der Waals surface area contributed by atoms with Gasteiger partial charge in [-0.25, -0.2) is 0 Å². The molecular formula is C39H76O4. The molecule has 0 aromatic rings. The lowest BCUT2D eigenvalue weighted by molar-refractivity contribution is -0.142. The first-order valence-corrected chi connectivity index (χ1v) is 19.1. The Morgan fingerprint density at radius 3 is 0.977 bits per heavy atom. The second-order valence-corrected chi connectivity index (χ2v) is 12.8. The first-order valence-electron chi connectivity index (χ1n) is 19.1. The van der Waals surface area contributed by atoms with Crippen LogP contribution >= 0.6 is 0 Å². The van der Waals surface area contributed by atoms with E-state index in [1.54, 1.807) is 6.08 Å². The van der Waals surface area contributed by atoms with Crippen molar-refractivity contribution >= 4 is 11.9 Å². The van der Waals surface area contributed by atoms with Gasteiger partial charge in [-0.2, -0.15) is 0 Å². The van der Waals surface area contributed by atoms with E-state index in [-0.39, 0.29) is 5.97 Å². The number of hydrogen-bond acceptors (Lipinski definition) is 3. The summed E-state index contributed by atoms with van der Waals surface area (Å²) in [5.41, 5.74) is 0. The van der Waals surface area contributed by atoms with Crippen LogP contribution in [0.3, 0.4) is 0 Å². The van der Waals surface area contributed by atoms with E-state index in [4.69, 9.17) is 9.84 Å². The zero-order valence-corrected chi connectivity index (χ0v) is 29.3. The summed E-state index contributed by atoms with van der Waals surface area (Å²) in [5, 5.41) is 8.52. The molecule has 0 aromatic heterocycles. The summed E-state index contributed by atoms with van der Waals surface area (Å²) < 4.78 is 4.95. The normalized spacial score (nSPS) is 10.7. The molecule has 0 aliphatic carbocycles. The largest absolute Gasteiger partial charge is 0.481 e. The van der Waals surface area contributed by atoms with Crippen LogP contribution in [0.25, 0.3) is 0 Å². The van der Waals surface area contributed by atoms with Crippen LogP contribution in [0.5, 0.6) is 0 Å². The first kappa shape index (κ1) is 43.8. The molecule has 0 atom stereocenters. The van der Waals surface area contributed by atoms with Crippen LogP contribution in [-0.4, -0.2) is 23.7 Å². The Kier molecular flexibility index (Phi) is 41.4. The summed E-state index contributed by atoms with van der Waals surface area (Å²) in [6, 6.07) is 0. The van der Waals surface area contributed by atoms with Crippen LogP contribution in [-0.2, 0) is 14.3 Å². The van der Waals surface area contributed by atoms with E-state index in [0.29, 0.717) is 19.4 Å². The minimum absolute atomic E-state index is 0.0837. The number of carboxylic acids is 1. The maximum atomic E-state index is 11.3. The Morgan fingerprint density at radius 2 is 0.721 bits per heavy atom. The third-order valence-corrected chi connectivity index (χ3v) is 8.34. The molecule has 43 heavy (non-hydrogen) atoms. The SMILES string of the molecule is C=CCOC(=O)CCCCCCCCCCCCCCCCC.CCCCCCCCCCCCCCCCCC(=O)O. The van der Waals surface area contributed by atoms with E-state index in [1.165, 1.54) is 167 Å². The summed E-state index contributed by atoms with van der Waals surface area (Å²) in [6.45, 7) is 8.42. The third kappa shape index (κ3) is 45.2. The highest BCUT2D eigenvalue weighted by molar-refractivity contribution is 5.69. The van der Waals surface area contributed by atoms with Crippen LogP contribution in [0.15, 0.2) is 12.7 Å². The Bertz CT molecular complexity index is 559. The standard InChI is InChI=1S/C21H40O2.C18H36O2/c1-3-5-6-7-8-9-10-11-12-13-14-15-16-17-18-19-21(22)23-20-4-2;1-2-3-4-5-6-7-8-9-10-11-12-13-14-15-16-17-18(19)20/h4H,2-3,5-20H2,1H3;2-17H2,1H3,(H,19,20). The number of esters is 1. The number of ether oxygens (including phenoxy) is 1. The molecule has 0 saturated heterocycles. The summed E-state index contributed by atoms with van der Waals surface area (Å²) in [4.78, 5) is 21.6. The maximum Gasteiger partial charge on any atom is 0.306 e. The fourth-order valence-corrected chi connectivity index (χ4v) is 5.51. The molecule has 1 N–H and O–H groups in total. The van der Waals surface area contributed by atoms with Gasteiger partial charge in [0.1, 0.15) is 6.61 Å². The molecule has 4 nitrogen and oxygen atoms in total. The van der Waals surface area contributed by atoms with Gasteiger partial charge in [0.15, 0.2) is 0 Å². The molecule has 0 heterocycles. The second-order valence-electron chi connectivity index (χ2n) is 12.8. The van der Waals surface area contributed by atoms with Crippen molar-refractivity contribution in [1.29, 1.82) is 0 Å². The molecule has 0 saturated carbocycles. The lowest BCUT2D eigenvalue weighted by Crippen LogP contribution is -2.03. The minimum Gasteiger partial charge on any atom is -0.481 e. The molecule has 0 radical (unpaired) electrons. The molecule has 256 valence electrons. The summed E-state index contributed by atoms with van der Waals surface area (Å²) in [6.07, 6.45) is 42.6. The highest BCUT2D eigenvalue weighted by Crippen LogP contribution is 2.15. The van der Waals surface area contributed by atoms with Gasteiger partial charge in [0.25, 0.3) is 0 Å². The van der Waals surface area contributed by atoms with E-state index in [9.17, 15) is 9.59 Å². The zero-order valence-electron chi connectivity index (χ0n) is 29.3. The molecule has 0 unspecified atom stereocenters. The summed E-state index contributed by atoms with van der Waals surface area (Å²) in [7, 11) is 0. The molecule has 0 rings (SSSR count). The van der Waals surface area contributed by atoms with Crippen LogP contribution < -0.4 is 0 Å². The fourth-order valence-electron chi connectivity index (χ4n) is 5.51. The molecule has 0 aliphatic rings. The van der Waals surface area contributed by atoms with Crippen molar-refractivity contribution in [1.82, 2.24) is 0 Å². The number of aliphatic carboxylic acids is 1. The van der Waals surface area contributed by atoms with Crippen LogP contribution in [0.1, 0.15) is 219 Å². The summed E-state index contributed by atoms with van der Waals surface area (Å²) in [5.74, 6) is -0.737. The Balaban J connectivity index is 0. The van der Waals surface area contributed by atoms with E-state index in [0.717, 1.165) is 25.7 Å². The number of unbranched alkanes of at least 4 members (excludes halogenated alkanes) is 28. The lowest BCUT2D eigenvalue weighted by Gasteiger charge is -2.04. The highest BCUT2D eigenvalue weighted by atomic mass is 16.5. The zero-order chi connectivity index (χ0) is 31.9. The predicted octanol–water partition coefficient (Wildman–Crippen LogP) is 13.3. The van der Waals surface area contributed by atoms with Gasteiger partial charge in [-0.3, -0.25) is 9.59 Å². The smallest absolute Gasteiger partial charge is 0.306 e. The molecule has 0 spiro atoms. The number of carboxylic acid groups (broad SMARTS) is 1. The molecule has 0 fully saturated rings. The maximum absolute atomic E-state index is 11.3. The van der Waals surface area contributed by atoms with Gasteiger partial charge in [0.2, 0.25) is 0 Å². The number of carbonyl (C=O) groups excluding carboxylic acids is 1. The van der Waals surface area contributed by atoms with Crippen molar-refractivity contribution in [3.05, 3.63) is 12.7 Å². The van der Waals surface area contributed by atoms with Crippen LogP contribution in [0.2, 0.25) is 0 Å². The second kappa shape index (κ2) is 40.7. The van der Waals surface area contributed by atoms with Gasteiger partial charge >= 0.3 is 11.9 Å². The van der Waals surface area contributed by atoms with Crippen LogP contribution in [0, 0.1) is 0 Å². The Labute approximate surface area is 269 Å². The number of rotatable bonds is 34. The highest BCUT2D eigenvalue weighted by Gasteiger charge is 2.01. The Hall–Kier alpha value is -1.32. The number of hydrogen-bond donors (Lipinski definition) is 1. The molecule has 0 aliphatic heterocycles. The van der Waals surface area contributed by atoms with Crippen molar-refractivity contribution in [2.75, 3.05) is 6.61 Å². The molecular weight excluding hydrogens is 532 g/mol. The fraction of sp³-hybridized carbons (Fsp3) is 0.897. The quantitative estimate of drug-likeness (QED) is 0.0448. The topological polar surface area (TPSA) is 63.6 Å². The van der Waals surface area contributed by atoms with Gasteiger partial charge in [-0.05, 0) is 12.8 Å². The predicted molar refractivity (Wildman–Crippen MR) is 188 cm³/mol. The average molecular weight is 609 g/mol. The van der Waals surface area contributed by atoms with Crippen molar-refractivity contribution in [3.8, 4) is 0 Å². The monoisotopic (exact) mass is 609 g/mol. The summed E-state index contributed by atoms with van der Waals surface area (Å²) >= 11 is 0. The molecule has 0 amide bonds. The van der Waals surface area contributed by atoms with Crippen molar-refractivity contribution < 1.29 is 19.4 Å². The van der Waals surface area contributed by atoms with E-state index >= 15 is 0 Å². The van der Waals surface area contributed by atoms with Crippen molar-refractivity contribution in [2.45, 2.75) is 219 Å². The van der Waals surface area contributed by atoms with Gasteiger partial charge in [-0.15, -0.1) is 0 Å². The van der Waals surface area contributed by atoms with Crippen molar-refractivity contribution in [2.24, 2.45) is 0 Å². The first-order chi connectivity index (χ1) is 21.1. The van der Waals surface area contributed by atoms with E-state index in [2.05, 4.69) is 20.4 Å². The molecule has 0 aromatic carbocycles. The van der Waals surface area contributed by atoms with E-state index < -0.39 is 5.97 Å². The molecule has 0 bridgehead atoms. The van der Waals surface area contributed by atoms with Crippen LogP contribution in [0.4, 0.5) is 0 Å². The lowest BCUT2D eigenvalue weighted by atomic mass is 10.0. The van der Waals surface area contributed by atoms with Gasteiger partial charge < -0.3 is 9.84 Å². The average Bonchev–Trinajstić information content (AvgIpc) is 3.00. The van der Waals surface area contributed by atoms with Gasteiger partial charge in [0, 0.05) is 12.8 Å². The van der Waals surface area contributed by atoms with Gasteiger partial charge in [0.05, 0.1) is 0 Å². The van der Waals surface area contributed by atoms with Gasteiger partial charge in [-0.1, -0.05) is 206 Å². The van der Waals surface area contributed by atoms with Crippen molar-refractivity contribution in [3.63, 3.8) is 0 Å². The minimum atomic E-state index is -0.653. The third-order valence-electron chi connectivity index (χ3n) is 8.34. The Morgan fingerprint density at radius 1 is 0.465 bits per heavy atom. The number of carbonyl (C=O) groups is 2. The molecule has 4 heteroatoms. The van der Waals surface area contributed by atoms with E-state index in [1.807, 2.05) is 0 Å².